The zero-order valence-electron chi connectivity index (χ0n) is 12.6. The van der Waals surface area contributed by atoms with Gasteiger partial charge in [-0.25, -0.2) is 13.2 Å². The number of carboxylic acids is 1. The predicted octanol–water partition coefficient (Wildman–Crippen LogP) is 3.52. The molecule has 1 aliphatic carbocycles. The molecule has 0 amide bonds. The van der Waals surface area contributed by atoms with Crippen LogP contribution in [0.1, 0.15) is 35.2 Å². The van der Waals surface area contributed by atoms with Crippen molar-refractivity contribution >= 4 is 15.8 Å². The summed E-state index contributed by atoms with van der Waals surface area (Å²) < 4.78 is 24.8. The third-order valence-electron chi connectivity index (χ3n) is 4.36. The van der Waals surface area contributed by atoms with Crippen molar-refractivity contribution in [3.8, 4) is 11.1 Å². The van der Waals surface area contributed by atoms with Gasteiger partial charge >= 0.3 is 5.97 Å². The minimum absolute atomic E-state index is 0.0626. The maximum Gasteiger partial charge on any atom is 0.335 e. The van der Waals surface area contributed by atoms with Gasteiger partial charge in [0.15, 0.2) is 9.84 Å². The highest BCUT2D eigenvalue weighted by atomic mass is 32.2. The highest BCUT2D eigenvalue weighted by molar-refractivity contribution is 7.91. The fraction of sp³-hybridized carbons (Fsp3) is 0.278. The van der Waals surface area contributed by atoms with Crippen LogP contribution in [-0.2, 0) is 15.6 Å². The van der Waals surface area contributed by atoms with Gasteiger partial charge in [0.2, 0.25) is 0 Å². The summed E-state index contributed by atoms with van der Waals surface area (Å²) in [5.41, 5.74) is 2.19. The molecule has 2 aromatic rings. The monoisotopic (exact) mass is 330 g/mol. The van der Waals surface area contributed by atoms with Crippen LogP contribution in [0.15, 0.2) is 48.5 Å². The van der Waals surface area contributed by atoms with Crippen molar-refractivity contribution in [2.75, 3.05) is 0 Å². The fourth-order valence-electron chi connectivity index (χ4n) is 2.80. The quantitative estimate of drug-likeness (QED) is 0.910. The van der Waals surface area contributed by atoms with Crippen LogP contribution in [0.3, 0.4) is 0 Å². The van der Waals surface area contributed by atoms with E-state index in [9.17, 15) is 18.3 Å². The summed E-state index contributed by atoms with van der Waals surface area (Å²) >= 11 is 0. The Balaban J connectivity index is 2.00. The summed E-state index contributed by atoms with van der Waals surface area (Å²) in [6.07, 6.45) is 2.30. The third kappa shape index (κ3) is 3.29. The number of sulfone groups is 1. The van der Waals surface area contributed by atoms with Crippen molar-refractivity contribution < 1.29 is 18.3 Å². The molecular formula is C18H18O4S. The first-order valence-corrected chi connectivity index (χ1v) is 9.32. The molecule has 1 saturated carbocycles. The van der Waals surface area contributed by atoms with Crippen molar-refractivity contribution in [2.24, 2.45) is 0 Å². The van der Waals surface area contributed by atoms with E-state index in [1.165, 1.54) is 6.07 Å². The number of carbonyl (C=O) groups is 1. The van der Waals surface area contributed by atoms with Gasteiger partial charge in [0.05, 0.1) is 16.6 Å². The molecule has 120 valence electrons. The lowest BCUT2D eigenvalue weighted by atomic mass is 9.99. The molecule has 2 aromatic carbocycles. The molecule has 3 rings (SSSR count). The Morgan fingerprint density at radius 3 is 2.30 bits per heavy atom. The van der Waals surface area contributed by atoms with Crippen molar-refractivity contribution in [1.82, 2.24) is 0 Å². The molecule has 0 unspecified atom stereocenters. The Morgan fingerprint density at radius 1 is 1.04 bits per heavy atom. The first-order valence-electron chi connectivity index (χ1n) is 7.60. The van der Waals surface area contributed by atoms with Crippen LogP contribution in [0, 0.1) is 0 Å². The van der Waals surface area contributed by atoms with Gasteiger partial charge in [-0.2, -0.15) is 0 Å². The molecule has 0 aromatic heterocycles. The summed E-state index contributed by atoms with van der Waals surface area (Å²) in [6, 6.07) is 14.4. The number of hydrogen-bond acceptors (Lipinski definition) is 3. The minimum atomic E-state index is -3.29. The molecule has 0 radical (unpaired) electrons. The van der Waals surface area contributed by atoms with E-state index in [1.807, 2.05) is 30.3 Å². The summed E-state index contributed by atoms with van der Waals surface area (Å²) in [4.78, 5) is 11.4. The number of rotatable bonds is 5. The van der Waals surface area contributed by atoms with E-state index in [-0.39, 0.29) is 16.6 Å². The zero-order valence-corrected chi connectivity index (χ0v) is 13.4. The second kappa shape index (κ2) is 6.16. The second-order valence-electron chi connectivity index (χ2n) is 5.90. The van der Waals surface area contributed by atoms with Gasteiger partial charge < -0.3 is 5.11 Å². The van der Waals surface area contributed by atoms with Gasteiger partial charge in [0.1, 0.15) is 0 Å². The molecule has 0 aliphatic heterocycles. The van der Waals surface area contributed by atoms with Crippen molar-refractivity contribution in [3.63, 3.8) is 0 Å². The maximum absolute atomic E-state index is 12.4. The van der Waals surface area contributed by atoms with Gasteiger partial charge in [-0.1, -0.05) is 42.8 Å². The average molecular weight is 330 g/mol. The number of aromatic carboxylic acids is 1. The molecule has 0 bridgehead atoms. The van der Waals surface area contributed by atoms with Crippen molar-refractivity contribution in [2.45, 2.75) is 30.3 Å². The Morgan fingerprint density at radius 2 is 1.74 bits per heavy atom. The van der Waals surface area contributed by atoms with Crippen LogP contribution in [0.5, 0.6) is 0 Å². The van der Waals surface area contributed by atoms with Gasteiger partial charge in [0.25, 0.3) is 0 Å². The van der Waals surface area contributed by atoms with E-state index < -0.39 is 15.8 Å². The van der Waals surface area contributed by atoms with Crippen LogP contribution in [0.25, 0.3) is 11.1 Å². The maximum atomic E-state index is 12.4. The first kappa shape index (κ1) is 15.7. The fourth-order valence-corrected chi connectivity index (χ4v) is 4.76. The molecule has 1 aliphatic rings. The smallest absolute Gasteiger partial charge is 0.335 e. The van der Waals surface area contributed by atoms with E-state index in [1.54, 1.807) is 12.1 Å². The molecule has 0 atom stereocenters. The predicted molar refractivity (Wildman–Crippen MR) is 89.1 cm³/mol. The Bertz CT molecular complexity index is 821. The first-order chi connectivity index (χ1) is 11.0. The molecular weight excluding hydrogens is 312 g/mol. The van der Waals surface area contributed by atoms with Gasteiger partial charge in [-0.3, -0.25) is 0 Å². The summed E-state index contributed by atoms with van der Waals surface area (Å²) in [5.74, 6) is -1.30. The van der Waals surface area contributed by atoms with Crippen LogP contribution in [-0.4, -0.2) is 24.7 Å². The van der Waals surface area contributed by atoms with Gasteiger partial charge in [-0.15, -0.1) is 0 Å². The molecule has 23 heavy (non-hydrogen) atoms. The van der Waals surface area contributed by atoms with E-state index in [0.29, 0.717) is 18.4 Å². The van der Waals surface area contributed by atoms with Crippen molar-refractivity contribution in [1.29, 1.82) is 0 Å². The van der Waals surface area contributed by atoms with Crippen LogP contribution >= 0.6 is 0 Å². The lowest BCUT2D eigenvalue weighted by molar-refractivity contribution is 0.0696. The molecule has 1 fully saturated rings. The summed E-state index contributed by atoms with van der Waals surface area (Å²) in [5, 5.41) is 9.02. The van der Waals surface area contributed by atoms with Gasteiger partial charge in [-0.05, 0) is 41.7 Å². The second-order valence-corrected chi connectivity index (χ2v) is 8.18. The number of carboxylic acid groups (broad SMARTS) is 1. The standard InChI is InChI=1S/C18H18O4S/c19-18(20)17-10-9-14(13-5-2-1-3-6-13)11-15(17)12-23(21,22)16-7-4-8-16/h1-3,5-6,9-11,16H,4,7-8,12H2,(H,19,20). The van der Waals surface area contributed by atoms with E-state index in [2.05, 4.69) is 0 Å². The molecule has 0 spiro atoms. The highest BCUT2D eigenvalue weighted by Gasteiger charge is 2.32. The Labute approximate surface area is 135 Å². The van der Waals surface area contributed by atoms with Crippen LogP contribution < -0.4 is 0 Å². The Kier molecular flexibility index (Phi) is 4.22. The van der Waals surface area contributed by atoms with Crippen molar-refractivity contribution in [3.05, 3.63) is 59.7 Å². The van der Waals surface area contributed by atoms with Crippen LogP contribution in [0.4, 0.5) is 0 Å². The molecule has 5 heteroatoms. The molecule has 0 heterocycles. The minimum Gasteiger partial charge on any atom is -0.478 e. The number of benzene rings is 2. The van der Waals surface area contributed by atoms with Crippen LogP contribution in [0.2, 0.25) is 0 Å². The molecule has 1 N–H and O–H groups in total. The Hall–Kier alpha value is -2.14. The summed E-state index contributed by atoms with van der Waals surface area (Å²) in [7, 11) is -3.29. The van der Waals surface area contributed by atoms with E-state index in [4.69, 9.17) is 0 Å². The summed E-state index contributed by atoms with van der Waals surface area (Å²) in [6.45, 7) is 0. The van der Waals surface area contributed by atoms with E-state index >= 15 is 0 Å². The highest BCUT2D eigenvalue weighted by Crippen LogP contribution is 2.30. The lowest BCUT2D eigenvalue weighted by Gasteiger charge is -2.25. The molecule has 0 saturated heterocycles. The lowest BCUT2D eigenvalue weighted by Crippen LogP contribution is -2.29. The molecule has 4 nitrogen and oxygen atoms in total. The normalized spacial score (nSPS) is 15.1. The average Bonchev–Trinajstić information content (AvgIpc) is 2.45. The van der Waals surface area contributed by atoms with E-state index in [0.717, 1.165) is 17.5 Å². The van der Waals surface area contributed by atoms with Gasteiger partial charge in [0, 0.05) is 0 Å². The number of hydrogen-bond donors (Lipinski definition) is 1. The third-order valence-corrected chi connectivity index (χ3v) is 6.56. The largest absolute Gasteiger partial charge is 0.478 e. The SMILES string of the molecule is O=C(O)c1ccc(-c2ccccc2)cc1CS(=O)(=O)C1CCC1. The topological polar surface area (TPSA) is 71.4 Å². The zero-order chi connectivity index (χ0) is 16.4.